The molecule has 13 heteroatoms. The Morgan fingerprint density at radius 2 is 0.867 bits per heavy atom. The van der Waals surface area contributed by atoms with E-state index >= 15 is 0 Å². The van der Waals surface area contributed by atoms with E-state index in [1.165, 1.54) is 0 Å². The van der Waals surface area contributed by atoms with Gasteiger partial charge in [-0.15, -0.1) is 45.3 Å². The van der Waals surface area contributed by atoms with Crippen molar-refractivity contribution in [1.29, 1.82) is 0 Å². The zero-order chi connectivity index (χ0) is 30.4. The highest BCUT2D eigenvalue weighted by molar-refractivity contribution is 8.22. The Balaban J connectivity index is 1.13. The van der Waals surface area contributed by atoms with E-state index in [2.05, 4.69) is 24.3 Å². The van der Waals surface area contributed by atoms with Gasteiger partial charge in [-0.2, -0.15) is 0 Å². The molecule has 6 nitrogen and oxygen atoms in total. The molecule has 2 atom stereocenters. The van der Waals surface area contributed by atoms with Gasteiger partial charge in [0.1, 0.15) is 22.2 Å². The van der Waals surface area contributed by atoms with Crippen molar-refractivity contribution in [3.05, 3.63) is 117 Å². The monoisotopic (exact) mass is 720 g/mol. The molecule has 0 aliphatic carbocycles. The minimum Gasteiger partial charge on any atom is -0.307 e. The van der Waals surface area contributed by atoms with Crippen LogP contribution < -0.4 is 0 Å². The lowest BCUT2D eigenvalue weighted by Gasteiger charge is -2.25. The average Bonchev–Trinajstić information content (AvgIpc) is 3.83. The van der Waals surface area contributed by atoms with Crippen LogP contribution in [0.5, 0.6) is 0 Å². The first-order valence-electron chi connectivity index (χ1n) is 14.0. The van der Waals surface area contributed by atoms with Gasteiger partial charge in [-0.3, -0.25) is 0 Å². The van der Waals surface area contributed by atoms with E-state index in [1.807, 2.05) is 72.8 Å². The molecule has 0 bridgehead atoms. The zero-order valence-corrected chi connectivity index (χ0v) is 29.0. The zero-order valence-electron chi connectivity index (χ0n) is 23.3. The molecule has 0 spiro atoms. The van der Waals surface area contributed by atoms with Gasteiger partial charge in [0.2, 0.25) is 0 Å². The van der Waals surface area contributed by atoms with Crippen LogP contribution >= 0.6 is 62.4 Å². The number of halogens is 1. The van der Waals surface area contributed by atoms with Crippen molar-refractivity contribution in [3.63, 3.8) is 0 Å². The van der Waals surface area contributed by atoms with E-state index in [-0.39, 0.29) is 0 Å². The maximum absolute atomic E-state index is 7.11. The summed E-state index contributed by atoms with van der Waals surface area (Å²) >= 11 is 19.5. The number of hydrogen-bond acceptors (Lipinski definition) is 11. The van der Waals surface area contributed by atoms with Gasteiger partial charge in [0.15, 0.2) is 0 Å². The SMILES string of the molecule is S=P(Cl)(OC(Cc1nc2ccccc2s1)c1nc2ccccc2s1)OC(Cc1nc2ccccc2s1)c1nc2ccccc2s1. The number of fused-ring (bicyclic) bond motifs is 4. The number of para-hydroxylation sites is 4. The van der Waals surface area contributed by atoms with E-state index in [4.69, 9.17) is 52.0 Å². The van der Waals surface area contributed by atoms with E-state index in [0.717, 1.165) is 60.9 Å². The van der Waals surface area contributed by atoms with Crippen LogP contribution in [0.25, 0.3) is 40.9 Å². The summed E-state index contributed by atoms with van der Waals surface area (Å²) in [6.07, 6.45) is -0.135. The smallest absolute Gasteiger partial charge is 0.283 e. The molecule has 0 saturated carbocycles. The van der Waals surface area contributed by atoms with Gasteiger partial charge in [-0.1, -0.05) is 48.5 Å². The number of hydrogen-bond donors (Lipinski definition) is 0. The van der Waals surface area contributed by atoms with E-state index in [1.54, 1.807) is 45.3 Å². The molecule has 0 saturated heterocycles. The fraction of sp³-hybridized carbons (Fsp3) is 0.125. The molecule has 2 unspecified atom stereocenters. The second kappa shape index (κ2) is 12.5. The number of aromatic nitrogens is 4. The first kappa shape index (κ1) is 29.7. The Bertz CT molecular complexity index is 2060. The first-order valence-corrected chi connectivity index (χ1v) is 20.8. The molecule has 0 fully saturated rings. The van der Waals surface area contributed by atoms with Gasteiger partial charge in [0.05, 0.1) is 50.9 Å². The highest BCUT2D eigenvalue weighted by atomic mass is 35.7. The minimum absolute atomic E-state index is 0.470. The Kier molecular flexibility index (Phi) is 8.24. The molecule has 4 heterocycles. The van der Waals surface area contributed by atoms with Gasteiger partial charge in [0, 0.05) is 12.8 Å². The molecule has 224 valence electrons. The standard InChI is InChI=1S/C32H22ClN4O2PS5/c33-40(41,38-23(31-36-21-11-3-7-15-27(21)44-31)17-29-34-19-9-1-5-13-25(19)42-29)39-24(32-37-22-12-4-8-16-28(22)45-32)18-30-35-20-10-2-6-14-26(20)43-30/h1-16,23-24H,17-18H2. The molecule has 8 aromatic rings. The summed E-state index contributed by atoms with van der Waals surface area (Å²) in [5.74, 6) is -3.37. The van der Waals surface area contributed by atoms with Crippen molar-refractivity contribution in [2.75, 3.05) is 0 Å². The number of thiazole rings is 4. The van der Waals surface area contributed by atoms with Crippen molar-refractivity contribution >= 4 is 115 Å². The van der Waals surface area contributed by atoms with Crippen molar-refractivity contribution < 1.29 is 9.05 Å². The fourth-order valence-corrected chi connectivity index (χ4v) is 11.4. The molecule has 0 N–H and O–H groups in total. The lowest BCUT2D eigenvalue weighted by molar-refractivity contribution is 0.150. The van der Waals surface area contributed by atoms with Gasteiger partial charge < -0.3 is 9.05 Å². The predicted molar refractivity (Wildman–Crippen MR) is 194 cm³/mol. The molecule has 0 amide bonds. The van der Waals surface area contributed by atoms with Gasteiger partial charge in [-0.05, 0) is 71.6 Å². The molecule has 4 aromatic carbocycles. The largest absolute Gasteiger partial charge is 0.307 e. The lowest BCUT2D eigenvalue weighted by Crippen LogP contribution is -2.10. The van der Waals surface area contributed by atoms with E-state index in [9.17, 15) is 0 Å². The number of benzene rings is 4. The number of nitrogens with zero attached hydrogens (tertiary/aromatic N) is 4. The van der Waals surface area contributed by atoms with Crippen LogP contribution in [0.2, 0.25) is 0 Å². The summed E-state index contributed by atoms with van der Waals surface area (Å²) in [6.45, 7) is 0. The Hall–Kier alpha value is -2.70. The van der Waals surface area contributed by atoms with Crippen molar-refractivity contribution in [1.82, 2.24) is 19.9 Å². The topological polar surface area (TPSA) is 70.0 Å². The van der Waals surface area contributed by atoms with E-state index < -0.39 is 18.1 Å². The molecule has 4 aromatic heterocycles. The van der Waals surface area contributed by atoms with Crippen LogP contribution in [-0.4, -0.2) is 19.9 Å². The summed E-state index contributed by atoms with van der Waals surface area (Å²) < 4.78 is 17.6. The maximum atomic E-state index is 7.11. The van der Waals surface area contributed by atoms with Crippen molar-refractivity contribution in [3.8, 4) is 0 Å². The van der Waals surface area contributed by atoms with Crippen LogP contribution in [-0.2, 0) is 33.7 Å². The Morgan fingerprint density at radius 3 is 1.22 bits per heavy atom. The minimum atomic E-state index is -3.37. The quantitative estimate of drug-likeness (QED) is 0.130. The summed E-state index contributed by atoms with van der Waals surface area (Å²) in [5, 5.41) is 3.42. The second-order valence-corrected chi connectivity index (χ2v) is 19.2. The fourth-order valence-electron chi connectivity index (χ4n) is 5.06. The van der Waals surface area contributed by atoms with Crippen LogP contribution in [0.1, 0.15) is 32.2 Å². The molecule has 8 rings (SSSR count). The Morgan fingerprint density at radius 1 is 0.533 bits per heavy atom. The molecular formula is C32H22ClN4O2PS5. The summed E-state index contributed by atoms with van der Waals surface area (Å²) in [7, 11) is 0. The van der Waals surface area contributed by atoms with Crippen molar-refractivity contribution in [2.24, 2.45) is 0 Å². The highest BCUT2D eigenvalue weighted by Gasteiger charge is 2.32. The van der Waals surface area contributed by atoms with Gasteiger partial charge >= 0.3 is 0 Å². The first-order chi connectivity index (χ1) is 22.0. The maximum Gasteiger partial charge on any atom is 0.283 e. The molecule has 0 aliphatic rings. The predicted octanol–water partition coefficient (Wildman–Crippen LogP) is 10.9. The van der Waals surface area contributed by atoms with Crippen molar-refractivity contribution in [2.45, 2.75) is 25.0 Å². The normalized spacial score (nSPS) is 14.8. The highest BCUT2D eigenvalue weighted by Crippen LogP contribution is 2.61. The van der Waals surface area contributed by atoms with Gasteiger partial charge in [0.25, 0.3) is 5.84 Å². The molecule has 0 aliphatic heterocycles. The Labute approximate surface area is 284 Å². The molecule has 0 radical (unpaired) electrons. The third-order valence-electron chi connectivity index (χ3n) is 7.07. The molecular weight excluding hydrogens is 699 g/mol. The third kappa shape index (κ3) is 6.47. The summed E-state index contributed by atoms with van der Waals surface area (Å²) in [6, 6.07) is 32.3. The average molecular weight is 721 g/mol. The van der Waals surface area contributed by atoms with Crippen LogP contribution in [0.15, 0.2) is 97.1 Å². The van der Waals surface area contributed by atoms with Crippen LogP contribution in [0, 0.1) is 0 Å². The lowest BCUT2D eigenvalue weighted by atomic mass is 10.2. The third-order valence-corrected chi connectivity index (χ3v) is 13.5. The summed E-state index contributed by atoms with van der Waals surface area (Å²) in [4.78, 5) is 19.6. The number of rotatable bonds is 10. The van der Waals surface area contributed by atoms with Gasteiger partial charge in [-0.25, -0.2) is 19.9 Å². The second-order valence-electron chi connectivity index (χ2n) is 10.2. The summed E-state index contributed by atoms with van der Waals surface area (Å²) in [5.41, 5.74) is 3.72. The van der Waals surface area contributed by atoms with Crippen LogP contribution in [0.3, 0.4) is 0 Å². The molecule has 45 heavy (non-hydrogen) atoms. The van der Waals surface area contributed by atoms with Crippen LogP contribution in [0.4, 0.5) is 0 Å². The van der Waals surface area contributed by atoms with E-state index in [0.29, 0.717) is 12.8 Å².